The zero-order valence-electron chi connectivity index (χ0n) is 15.8. The highest BCUT2D eigenvalue weighted by atomic mass is 16.7. The van der Waals surface area contributed by atoms with Gasteiger partial charge in [-0.3, -0.25) is 9.59 Å². The number of aliphatic hydroxyl groups excluding tert-OH is 4. The fourth-order valence-corrected chi connectivity index (χ4v) is 2.94. The summed E-state index contributed by atoms with van der Waals surface area (Å²) in [4.78, 5) is 34.3. The van der Waals surface area contributed by atoms with Crippen LogP contribution >= 0.6 is 0 Å². The van der Waals surface area contributed by atoms with Crippen LogP contribution in [0.2, 0.25) is 0 Å². The molecule has 0 aromatic carbocycles. The molecule has 7 atom stereocenters. The summed E-state index contributed by atoms with van der Waals surface area (Å²) < 4.78 is 14.7. The molecule has 1 fully saturated rings. The van der Waals surface area contributed by atoms with E-state index in [1.165, 1.54) is 6.92 Å². The number of nitrogens with one attached hydrogen (secondary N) is 1. The predicted octanol–water partition coefficient (Wildman–Crippen LogP) is -2.91. The number of carbonyl (C=O) groups is 3. The van der Waals surface area contributed by atoms with E-state index in [2.05, 4.69) is 10.1 Å². The van der Waals surface area contributed by atoms with E-state index in [0.29, 0.717) is 0 Å². The molecular formula is C16H27NO11. The molecule has 1 aliphatic heterocycles. The second-order valence-electron chi connectivity index (χ2n) is 6.59. The van der Waals surface area contributed by atoms with Crippen LogP contribution in [0.3, 0.4) is 0 Å². The quantitative estimate of drug-likeness (QED) is 0.178. The fourth-order valence-electron chi connectivity index (χ4n) is 2.94. The molecule has 1 saturated heterocycles. The average molecular weight is 409 g/mol. The maximum absolute atomic E-state index is 12.3. The van der Waals surface area contributed by atoms with Gasteiger partial charge in [0.1, 0.15) is 6.23 Å². The van der Waals surface area contributed by atoms with Gasteiger partial charge in [0.15, 0.2) is 0 Å². The van der Waals surface area contributed by atoms with Crippen LogP contribution in [0.15, 0.2) is 0 Å². The summed E-state index contributed by atoms with van der Waals surface area (Å²) in [6.07, 6.45) is -8.36. The molecule has 12 nitrogen and oxygen atoms in total. The monoisotopic (exact) mass is 409 g/mol. The van der Waals surface area contributed by atoms with Crippen LogP contribution in [0, 0.1) is 5.92 Å². The van der Waals surface area contributed by atoms with Crippen molar-refractivity contribution in [2.75, 3.05) is 6.61 Å². The van der Waals surface area contributed by atoms with Crippen LogP contribution in [0.1, 0.15) is 33.6 Å². The number of amides is 1. The Hall–Kier alpha value is -1.83. The third-order valence-corrected chi connectivity index (χ3v) is 4.06. The Morgan fingerprint density at radius 3 is 2.36 bits per heavy atom. The number of aliphatic hydroxyl groups is 5. The Morgan fingerprint density at radius 1 is 1.25 bits per heavy atom. The lowest BCUT2D eigenvalue weighted by atomic mass is 9.83. The van der Waals surface area contributed by atoms with E-state index >= 15 is 0 Å². The van der Waals surface area contributed by atoms with Crippen molar-refractivity contribution in [2.24, 2.45) is 5.92 Å². The molecule has 0 bridgehead atoms. The summed E-state index contributed by atoms with van der Waals surface area (Å²) in [5.41, 5.74) is 0. The van der Waals surface area contributed by atoms with Crippen LogP contribution in [-0.2, 0) is 28.6 Å². The predicted molar refractivity (Wildman–Crippen MR) is 88.8 cm³/mol. The van der Waals surface area contributed by atoms with E-state index in [0.717, 1.165) is 13.8 Å². The van der Waals surface area contributed by atoms with Gasteiger partial charge < -0.3 is 45.1 Å². The highest BCUT2D eigenvalue weighted by Crippen LogP contribution is 2.36. The van der Waals surface area contributed by atoms with Crippen LogP contribution < -0.4 is 5.32 Å². The minimum atomic E-state index is -2.68. The molecule has 0 aliphatic carbocycles. The molecule has 0 aromatic heterocycles. The second kappa shape index (κ2) is 10.1. The largest absolute Gasteiger partial charge is 0.426 e. The molecular weight excluding hydrogens is 382 g/mol. The van der Waals surface area contributed by atoms with Gasteiger partial charge in [0.25, 0.3) is 5.79 Å². The number of rotatable bonds is 8. The van der Waals surface area contributed by atoms with Crippen LogP contribution in [0.4, 0.5) is 0 Å². The van der Waals surface area contributed by atoms with Crippen molar-refractivity contribution in [1.82, 2.24) is 5.32 Å². The van der Waals surface area contributed by atoms with E-state index in [-0.39, 0.29) is 6.42 Å². The molecule has 0 aromatic rings. The molecule has 0 saturated carbocycles. The molecule has 0 radical (unpaired) electrons. The smallest absolute Gasteiger partial charge is 0.369 e. The van der Waals surface area contributed by atoms with Gasteiger partial charge in [0.05, 0.1) is 30.8 Å². The Morgan fingerprint density at radius 2 is 1.86 bits per heavy atom. The molecule has 12 heteroatoms. The second-order valence-corrected chi connectivity index (χ2v) is 6.59. The first-order chi connectivity index (χ1) is 12.9. The highest BCUT2D eigenvalue weighted by molar-refractivity contribution is 5.78. The van der Waals surface area contributed by atoms with Gasteiger partial charge in [0.2, 0.25) is 12.2 Å². The Balaban J connectivity index is 3.02. The molecule has 1 rings (SSSR count). The van der Waals surface area contributed by atoms with Crippen molar-refractivity contribution >= 4 is 17.8 Å². The topological polar surface area (TPSA) is 192 Å². The average Bonchev–Trinajstić information content (AvgIpc) is 2.52. The molecule has 1 aliphatic rings. The van der Waals surface area contributed by atoms with Gasteiger partial charge in [-0.2, -0.15) is 0 Å². The molecule has 28 heavy (non-hydrogen) atoms. The number of hydrogen-bond donors (Lipinski definition) is 6. The lowest BCUT2D eigenvalue weighted by Gasteiger charge is -2.45. The number of ether oxygens (including phenoxy) is 3. The maximum Gasteiger partial charge on any atom is 0.369 e. The van der Waals surface area contributed by atoms with Crippen molar-refractivity contribution < 1.29 is 54.1 Å². The Bertz CT molecular complexity index is 571. The zero-order chi connectivity index (χ0) is 21.6. The van der Waals surface area contributed by atoms with Crippen molar-refractivity contribution in [3.63, 3.8) is 0 Å². The fraction of sp³-hybridized carbons (Fsp3) is 0.812. The first-order valence-corrected chi connectivity index (χ1v) is 8.60. The van der Waals surface area contributed by atoms with Crippen molar-refractivity contribution in [2.45, 2.75) is 70.2 Å². The van der Waals surface area contributed by atoms with Gasteiger partial charge in [-0.25, -0.2) is 4.79 Å². The third kappa shape index (κ3) is 6.65. The highest BCUT2D eigenvalue weighted by Gasteiger charge is 2.54. The lowest BCUT2D eigenvalue weighted by molar-refractivity contribution is -0.305. The molecule has 0 spiro atoms. The first-order valence-electron chi connectivity index (χ1n) is 8.60. The van der Waals surface area contributed by atoms with E-state index in [9.17, 15) is 34.8 Å². The van der Waals surface area contributed by atoms with Crippen LogP contribution in [0.5, 0.6) is 0 Å². The first kappa shape index (κ1) is 24.2. The third-order valence-electron chi connectivity index (χ3n) is 4.06. The Labute approximate surface area is 161 Å². The normalized spacial score (nSPS) is 30.6. The minimum absolute atomic E-state index is 0.385. The number of esters is 2. The standard InChI is InChI=1S/C16H27NO11/c1-7(19)17-14(23)13-11(22)5-16(25,28-12(13)4-10(21)6-18)15(24)27-9(3)26-8(2)20/h9-14,18,21-23,25H,4-6H2,1-3H3,(H,17,19)/t9?,10-,11?,12?,13?,14-,16?/m0/s1. The van der Waals surface area contributed by atoms with Gasteiger partial charge in [0, 0.05) is 33.6 Å². The molecule has 1 heterocycles. The summed E-state index contributed by atoms with van der Waals surface area (Å²) in [6.45, 7) is 2.74. The molecule has 162 valence electrons. The van der Waals surface area contributed by atoms with Gasteiger partial charge >= 0.3 is 11.9 Å². The van der Waals surface area contributed by atoms with E-state index in [1.54, 1.807) is 0 Å². The number of carbonyl (C=O) groups excluding carboxylic acids is 3. The summed E-state index contributed by atoms with van der Waals surface area (Å²) in [7, 11) is 0. The van der Waals surface area contributed by atoms with Gasteiger partial charge in [-0.1, -0.05) is 0 Å². The maximum atomic E-state index is 12.3. The van der Waals surface area contributed by atoms with Crippen molar-refractivity contribution in [3.05, 3.63) is 0 Å². The summed E-state index contributed by atoms with van der Waals surface area (Å²) in [6, 6.07) is 0. The Kier molecular flexibility index (Phi) is 8.73. The van der Waals surface area contributed by atoms with Crippen molar-refractivity contribution in [1.29, 1.82) is 0 Å². The lowest BCUT2D eigenvalue weighted by Crippen LogP contribution is -2.61. The number of hydrogen-bond acceptors (Lipinski definition) is 11. The van der Waals surface area contributed by atoms with Crippen LogP contribution in [-0.4, -0.2) is 86.6 Å². The van der Waals surface area contributed by atoms with Crippen LogP contribution in [0.25, 0.3) is 0 Å². The summed E-state index contributed by atoms with van der Waals surface area (Å²) in [5, 5.41) is 51.9. The SMILES string of the molecule is CC(=O)N[C@@H](O)C1C(O)CC(O)(C(=O)OC(C)OC(C)=O)OC1C[C@H](O)CO. The summed E-state index contributed by atoms with van der Waals surface area (Å²) in [5.74, 6) is -6.63. The zero-order valence-corrected chi connectivity index (χ0v) is 15.8. The van der Waals surface area contributed by atoms with E-state index in [4.69, 9.17) is 14.6 Å². The molecule has 5 unspecified atom stereocenters. The molecule has 6 N–H and O–H groups in total. The van der Waals surface area contributed by atoms with Gasteiger partial charge in [-0.05, 0) is 0 Å². The van der Waals surface area contributed by atoms with Gasteiger partial charge in [-0.15, -0.1) is 0 Å². The summed E-state index contributed by atoms with van der Waals surface area (Å²) >= 11 is 0. The molecule has 1 amide bonds. The van der Waals surface area contributed by atoms with Crippen molar-refractivity contribution in [3.8, 4) is 0 Å². The minimum Gasteiger partial charge on any atom is -0.426 e. The van der Waals surface area contributed by atoms with E-state index < -0.39 is 73.4 Å². The van der Waals surface area contributed by atoms with E-state index in [1.807, 2.05) is 0 Å².